The molecule has 94 valence electrons. The number of anilines is 1. The van der Waals surface area contributed by atoms with Crippen molar-refractivity contribution in [2.45, 2.75) is 13.5 Å². The summed E-state index contributed by atoms with van der Waals surface area (Å²) < 4.78 is 0. The third-order valence-electron chi connectivity index (χ3n) is 2.61. The fourth-order valence-electron chi connectivity index (χ4n) is 1.63. The van der Waals surface area contributed by atoms with Crippen LogP contribution >= 0.6 is 34.8 Å². The Balaban J connectivity index is 2.13. The van der Waals surface area contributed by atoms with Gasteiger partial charge in [-0.25, -0.2) is 0 Å². The van der Waals surface area contributed by atoms with Gasteiger partial charge in [-0.2, -0.15) is 0 Å². The van der Waals surface area contributed by atoms with Crippen LogP contribution in [0.1, 0.15) is 11.1 Å². The van der Waals surface area contributed by atoms with Crippen molar-refractivity contribution >= 4 is 40.5 Å². The molecule has 0 aliphatic rings. The third-order valence-corrected chi connectivity index (χ3v) is 3.52. The zero-order valence-electron chi connectivity index (χ0n) is 9.81. The van der Waals surface area contributed by atoms with Gasteiger partial charge < -0.3 is 5.32 Å². The molecule has 1 N–H and O–H groups in total. The van der Waals surface area contributed by atoms with Crippen LogP contribution in [0.4, 0.5) is 5.69 Å². The number of benzene rings is 2. The topological polar surface area (TPSA) is 12.0 Å². The van der Waals surface area contributed by atoms with Gasteiger partial charge in [0.1, 0.15) is 0 Å². The molecule has 0 aliphatic carbocycles. The van der Waals surface area contributed by atoms with E-state index in [1.165, 1.54) is 0 Å². The first-order valence-electron chi connectivity index (χ1n) is 5.50. The molecule has 4 heteroatoms. The lowest BCUT2D eigenvalue weighted by Crippen LogP contribution is -2.00. The molecule has 0 spiro atoms. The first-order valence-corrected chi connectivity index (χ1v) is 6.63. The van der Waals surface area contributed by atoms with E-state index in [1.807, 2.05) is 37.3 Å². The van der Waals surface area contributed by atoms with Crippen LogP contribution < -0.4 is 5.32 Å². The van der Waals surface area contributed by atoms with Gasteiger partial charge in [0, 0.05) is 16.6 Å². The molecule has 0 radical (unpaired) electrons. The molecule has 0 heterocycles. The molecule has 2 aromatic rings. The van der Waals surface area contributed by atoms with Crippen LogP contribution in [0.2, 0.25) is 15.1 Å². The van der Waals surface area contributed by atoms with E-state index >= 15 is 0 Å². The summed E-state index contributed by atoms with van der Waals surface area (Å²) in [5, 5.41) is 5.26. The van der Waals surface area contributed by atoms with E-state index in [-0.39, 0.29) is 0 Å². The number of nitrogens with one attached hydrogen (secondary N) is 1. The van der Waals surface area contributed by atoms with E-state index in [4.69, 9.17) is 34.8 Å². The third kappa shape index (κ3) is 3.32. The van der Waals surface area contributed by atoms with E-state index in [2.05, 4.69) is 5.32 Å². The van der Waals surface area contributed by atoms with Crippen LogP contribution in [-0.2, 0) is 6.54 Å². The maximum atomic E-state index is 6.11. The summed E-state index contributed by atoms with van der Waals surface area (Å²) in [6.07, 6.45) is 0. The van der Waals surface area contributed by atoms with Crippen LogP contribution in [0, 0.1) is 6.92 Å². The average Bonchev–Trinajstić information content (AvgIpc) is 2.32. The molecular weight excluding hydrogens is 289 g/mol. The monoisotopic (exact) mass is 299 g/mol. The summed E-state index contributed by atoms with van der Waals surface area (Å²) >= 11 is 18.1. The van der Waals surface area contributed by atoms with Crippen molar-refractivity contribution in [2.75, 3.05) is 5.32 Å². The van der Waals surface area contributed by atoms with Gasteiger partial charge in [0.25, 0.3) is 0 Å². The van der Waals surface area contributed by atoms with E-state index < -0.39 is 0 Å². The predicted octanol–water partition coefficient (Wildman–Crippen LogP) is 5.57. The molecule has 0 saturated carbocycles. The Morgan fingerprint density at radius 2 is 1.72 bits per heavy atom. The molecule has 2 rings (SSSR count). The fourth-order valence-corrected chi connectivity index (χ4v) is 2.29. The lowest BCUT2D eigenvalue weighted by molar-refractivity contribution is 1.15. The lowest BCUT2D eigenvalue weighted by Gasteiger charge is -2.10. The number of aryl methyl sites for hydroxylation is 1. The van der Waals surface area contributed by atoms with Crippen LogP contribution in [0.15, 0.2) is 36.4 Å². The van der Waals surface area contributed by atoms with E-state index in [0.717, 1.165) is 16.8 Å². The largest absolute Gasteiger partial charge is 0.380 e. The summed E-state index contributed by atoms with van der Waals surface area (Å²) in [6, 6.07) is 11.3. The SMILES string of the molecule is Cc1ccc(Cl)c(NCc2ccc(Cl)cc2Cl)c1. The standard InChI is InChI=1S/C14H12Cl3N/c1-9-2-5-12(16)14(6-9)18-8-10-3-4-11(15)7-13(10)17/h2-7,18H,8H2,1H3. The Morgan fingerprint density at radius 3 is 2.44 bits per heavy atom. The van der Waals surface area contributed by atoms with Crippen molar-refractivity contribution < 1.29 is 0 Å². The molecule has 18 heavy (non-hydrogen) atoms. The highest BCUT2D eigenvalue weighted by Crippen LogP contribution is 2.25. The second-order valence-electron chi connectivity index (χ2n) is 4.07. The number of rotatable bonds is 3. The summed E-state index contributed by atoms with van der Waals surface area (Å²) in [6.45, 7) is 2.63. The molecule has 0 bridgehead atoms. The van der Waals surface area contributed by atoms with E-state index in [0.29, 0.717) is 21.6 Å². The van der Waals surface area contributed by atoms with Crippen LogP contribution in [0.3, 0.4) is 0 Å². The molecule has 0 fully saturated rings. The Kier molecular flexibility index (Phi) is 4.39. The highest BCUT2D eigenvalue weighted by atomic mass is 35.5. The second kappa shape index (κ2) is 5.83. The number of hydrogen-bond donors (Lipinski definition) is 1. The van der Waals surface area contributed by atoms with Gasteiger partial charge in [-0.1, -0.05) is 46.9 Å². The molecular formula is C14H12Cl3N. The predicted molar refractivity (Wildman–Crippen MR) is 80.0 cm³/mol. The molecule has 2 aromatic carbocycles. The zero-order valence-corrected chi connectivity index (χ0v) is 12.1. The van der Waals surface area contributed by atoms with Gasteiger partial charge in [0.2, 0.25) is 0 Å². The van der Waals surface area contributed by atoms with Gasteiger partial charge >= 0.3 is 0 Å². The minimum atomic E-state index is 0.610. The van der Waals surface area contributed by atoms with Crippen molar-refractivity contribution in [2.24, 2.45) is 0 Å². The zero-order chi connectivity index (χ0) is 13.1. The van der Waals surface area contributed by atoms with E-state index in [1.54, 1.807) is 6.07 Å². The number of halogens is 3. The first-order chi connectivity index (χ1) is 8.56. The summed E-state index contributed by atoms with van der Waals surface area (Å²) in [5.74, 6) is 0. The lowest BCUT2D eigenvalue weighted by atomic mass is 10.2. The van der Waals surface area contributed by atoms with Gasteiger partial charge in [-0.15, -0.1) is 0 Å². The van der Waals surface area contributed by atoms with E-state index in [9.17, 15) is 0 Å². The molecule has 0 unspecified atom stereocenters. The highest BCUT2D eigenvalue weighted by molar-refractivity contribution is 6.35. The van der Waals surface area contributed by atoms with Crippen LogP contribution in [0.5, 0.6) is 0 Å². The normalized spacial score (nSPS) is 10.4. The smallest absolute Gasteiger partial charge is 0.0637 e. The quantitative estimate of drug-likeness (QED) is 0.781. The Morgan fingerprint density at radius 1 is 0.944 bits per heavy atom. The Hall–Kier alpha value is -0.890. The maximum Gasteiger partial charge on any atom is 0.0637 e. The second-order valence-corrected chi connectivity index (χ2v) is 5.32. The van der Waals surface area contributed by atoms with Crippen molar-refractivity contribution in [3.63, 3.8) is 0 Å². The maximum absolute atomic E-state index is 6.11. The Labute approximate surface area is 122 Å². The van der Waals surface area contributed by atoms with Crippen molar-refractivity contribution in [3.8, 4) is 0 Å². The molecule has 0 atom stereocenters. The van der Waals surface area contributed by atoms with Crippen LogP contribution in [0.25, 0.3) is 0 Å². The fraction of sp³-hybridized carbons (Fsp3) is 0.143. The minimum absolute atomic E-state index is 0.610. The molecule has 0 aromatic heterocycles. The van der Waals surface area contributed by atoms with Crippen molar-refractivity contribution in [1.29, 1.82) is 0 Å². The molecule has 1 nitrogen and oxygen atoms in total. The molecule has 0 amide bonds. The van der Waals surface area contributed by atoms with Gasteiger partial charge in [0.15, 0.2) is 0 Å². The molecule has 0 aliphatic heterocycles. The summed E-state index contributed by atoms with van der Waals surface area (Å²) in [4.78, 5) is 0. The first kappa shape index (κ1) is 13.5. The van der Waals surface area contributed by atoms with Crippen molar-refractivity contribution in [3.05, 3.63) is 62.6 Å². The van der Waals surface area contributed by atoms with Gasteiger partial charge in [0.05, 0.1) is 10.7 Å². The summed E-state index contributed by atoms with van der Waals surface area (Å²) in [5.41, 5.74) is 3.05. The van der Waals surface area contributed by atoms with Crippen molar-refractivity contribution in [1.82, 2.24) is 0 Å². The Bertz CT molecular complexity index is 567. The molecule has 0 saturated heterocycles. The average molecular weight is 301 g/mol. The van der Waals surface area contributed by atoms with Gasteiger partial charge in [-0.05, 0) is 42.3 Å². The van der Waals surface area contributed by atoms with Crippen LogP contribution in [-0.4, -0.2) is 0 Å². The van der Waals surface area contributed by atoms with Gasteiger partial charge in [-0.3, -0.25) is 0 Å². The summed E-state index contributed by atoms with van der Waals surface area (Å²) in [7, 11) is 0. The number of hydrogen-bond acceptors (Lipinski definition) is 1. The highest BCUT2D eigenvalue weighted by Gasteiger charge is 2.03. The minimum Gasteiger partial charge on any atom is -0.380 e.